The van der Waals surface area contributed by atoms with Crippen molar-refractivity contribution in [3.63, 3.8) is 0 Å². The van der Waals surface area contributed by atoms with E-state index in [0.29, 0.717) is 11.6 Å². The smallest absolute Gasteiger partial charge is 0.123 e. The molecule has 30 heavy (non-hydrogen) atoms. The topological polar surface area (TPSA) is 41.1 Å². The number of halogens is 2. The monoisotopic (exact) mass is 426 g/mol. The van der Waals surface area contributed by atoms with E-state index in [2.05, 4.69) is 40.3 Å². The van der Waals surface area contributed by atoms with Crippen LogP contribution in [0.5, 0.6) is 0 Å². The molecule has 0 aliphatic rings. The maximum absolute atomic E-state index is 13.4. The maximum atomic E-state index is 13.4. The van der Waals surface area contributed by atoms with Crippen LogP contribution in [-0.2, 0) is 13.0 Å². The number of pyridine rings is 2. The lowest BCUT2D eigenvalue weighted by Crippen LogP contribution is -2.12. The van der Waals surface area contributed by atoms with Crippen molar-refractivity contribution >= 4 is 17.3 Å². The van der Waals surface area contributed by atoms with E-state index in [9.17, 15) is 4.39 Å². The lowest BCUT2D eigenvalue weighted by atomic mass is 10.0. The largest absolute Gasteiger partial charge is 0.380 e. The molecule has 0 unspecified atom stereocenters. The van der Waals surface area contributed by atoms with Gasteiger partial charge in [-0.2, -0.15) is 0 Å². The minimum absolute atomic E-state index is 0.237. The molecule has 0 atom stereocenters. The molecule has 3 rings (SSSR count). The van der Waals surface area contributed by atoms with Crippen LogP contribution in [0.4, 0.5) is 10.1 Å². The molecule has 2 heterocycles. The first-order valence-corrected chi connectivity index (χ1v) is 10.6. The highest BCUT2D eigenvalue weighted by molar-refractivity contribution is 6.33. The van der Waals surface area contributed by atoms with Gasteiger partial charge >= 0.3 is 0 Å². The van der Waals surface area contributed by atoms with E-state index in [0.717, 1.165) is 47.5 Å². The molecule has 158 valence electrons. The number of unbranched alkanes of at least 4 members (excludes halogenated alkanes) is 2. The molecule has 2 aromatic heterocycles. The molecule has 0 bridgehead atoms. The second-order valence-electron chi connectivity index (χ2n) is 7.72. The molecule has 0 aliphatic heterocycles. The Morgan fingerprint density at radius 1 is 1.03 bits per heavy atom. The molecular formula is C24H28ClFN4. The van der Waals surface area contributed by atoms with Gasteiger partial charge in [0.05, 0.1) is 10.7 Å². The van der Waals surface area contributed by atoms with Crippen LogP contribution in [0, 0.1) is 5.82 Å². The van der Waals surface area contributed by atoms with Crippen molar-refractivity contribution in [1.82, 2.24) is 14.9 Å². The number of rotatable bonds is 10. The number of hydrogen-bond donors (Lipinski definition) is 1. The minimum atomic E-state index is -0.237. The average Bonchev–Trinajstić information content (AvgIpc) is 2.73. The molecule has 0 saturated heterocycles. The quantitative estimate of drug-likeness (QED) is 0.414. The van der Waals surface area contributed by atoms with Crippen molar-refractivity contribution in [3.8, 4) is 11.1 Å². The van der Waals surface area contributed by atoms with E-state index in [4.69, 9.17) is 11.6 Å². The number of nitrogens with one attached hydrogen (secondary N) is 1. The van der Waals surface area contributed by atoms with E-state index in [1.807, 2.05) is 12.1 Å². The summed E-state index contributed by atoms with van der Waals surface area (Å²) in [6, 6.07) is 10.6. The van der Waals surface area contributed by atoms with Crippen LogP contribution >= 0.6 is 11.6 Å². The van der Waals surface area contributed by atoms with Gasteiger partial charge in [-0.3, -0.25) is 9.97 Å². The summed E-state index contributed by atoms with van der Waals surface area (Å²) in [4.78, 5) is 11.0. The molecule has 0 amide bonds. The highest BCUT2D eigenvalue weighted by Crippen LogP contribution is 2.29. The second-order valence-corrected chi connectivity index (χ2v) is 8.12. The van der Waals surface area contributed by atoms with Gasteiger partial charge in [0, 0.05) is 42.0 Å². The summed E-state index contributed by atoms with van der Waals surface area (Å²) in [6.45, 7) is 1.63. The third-order valence-electron chi connectivity index (χ3n) is 4.89. The van der Waals surface area contributed by atoms with Gasteiger partial charge in [0.1, 0.15) is 5.82 Å². The van der Waals surface area contributed by atoms with E-state index in [1.165, 1.54) is 25.0 Å². The van der Waals surface area contributed by atoms with Gasteiger partial charge in [0.25, 0.3) is 0 Å². The number of benzene rings is 1. The van der Waals surface area contributed by atoms with Crippen LogP contribution < -0.4 is 5.32 Å². The zero-order valence-electron chi connectivity index (χ0n) is 17.5. The first kappa shape index (κ1) is 22.2. The van der Waals surface area contributed by atoms with Gasteiger partial charge in [-0.1, -0.05) is 30.2 Å². The van der Waals surface area contributed by atoms with Crippen LogP contribution in [0.1, 0.15) is 30.5 Å². The van der Waals surface area contributed by atoms with Crippen molar-refractivity contribution in [3.05, 3.63) is 77.1 Å². The summed E-state index contributed by atoms with van der Waals surface area (Å²) < 4.78 is 13.4. The third kappa shape index (κ3) is 6.78. The second kappa shape index (κ2) is 11.0. The normalized spacial score (nSPS) is 11.1. The Morgan fingerprint density at radius 3 is 2.70 bits per heavy atom. The molecule has 0 aliphatic carbocycles. The van der Waals surface area contributed by atoms with E-state index in [1.54, 1.807) is 24.7 Å². The molecule has 0 fully saturated rings. The zero-order valence-corrected chi connectivity index (χ0v) is 18.3. The predicted octanol–water partition coefficient (Wildman–Crippen LogP) is 5.82. The van der Waals surface area contributed by atoms with Crippen molar-refractivity contribution in [2.75, 3.05) is 26.0 Å². The zero-order chi connectivity index (χ0) is 21.3. The van der Waals surface area contributed by atoms with Gasteiger partial charge in [-0.15, -0.1) is 0 Å². The molecule has 0 radical (unpaired) electrons. The SMILES string of the molecule is CN(C)CCCCCc1cc(-c2cncc(NCc3cccc(F)c3)c2)c(Cl)cn1. The van der Waals surface area contributed by atoms with E-state index in [-0.39, 0.29) is 5.82 Å². The molecular weight excluding hydrogens is 399 g/mol. The third-order valence-corrected chi connectivity index (χ3v) is 5.19. The van der Waals surface area contributed by atoms with E-state index >= 15 is 0 Å². The summed E-state index contributed by atoms with van der Waals surface area (Å²) in [5.74, 6) is -0.237. The Morgan fingerprint density at radius 2 is 1.90 bits per heavy atom. The van der Waals surface area contributed by atoms with Crippen molar-refractivity contribution < 1.29 is 4.39 Å². The standard InChI is InChI=1S/C24H28ClFN4/c1-30(2)10-5-3-4-9-21-13-23(24(25)17-29-21)19-12-22(16-27-15-19)28-14-18-7-6-8-20(26)11-18/h6-8,11-13,15-17,28H,3-5,9-10,14H2,1-2H3. The lowest BCUT2D eigenvalue weighted by molar-refractivity contribution is 0.391. The molecule has 4 nitrogen and oxygen atoms in total. The fourth-order valence-corrected chi connectivity index (χ4v) is 3.50. The molecule has 0 spiro atoms. The van der Waals surface area contributed by atoms with Crippen LogP contribution in [0.2, 0.25) is 5.02 Å². The summed E-state index contributed by atoms with van der Waals surface area (Å²) in [5.41, 5.74) is 4.63. The number of nitrogens with zero attached hydrogens (tertiary/aromatic N) is 3. The van der Waals surface area contributed by atoms with Gasteiger partial charge in [-0.25, -0.2) is 4.39 Å². The van der Waals surface area contributed by atoms with Gasteiger partial charge < -0.3 is 10.2 Å². The van der Waals surface area contributed by atoms with Gasteiger partial charge in [-0.05, 0) is 69.7 Å². The Kier molecular flexibility index (Phi) is 8.17. The van der Waals surface area contributed by atoms with Crippen molar-refractivity contribution in [2.45, 2.75) is 32.2 Å². The Bertz CT molecular complexity index is 961. The molecule has 3 aromatic rings. The van der Waals surface area contributed by atoms with Gasteiger partial charge in [0.2, 0.25) is 0 Å². The lowest BCUT2D eigenvalue weighted by Gasteiger charge is -2.11. The minimum Gasteiger partial charge on any atom is -0.380 e. The highest BCUT2D eigenvalue weighted by Gasteiger charge is 2.08. The van der Waals surface area contributed by atoms with E-state index < -0.39 is 0 Å². The Balaban J connectivity index is 1.65. The van der Waals surface area contributed by atoms with Gasteiger partial charge in [0.15, 0.2) is 0 Å². The predicted molar refractivity (Wildman–Crippen MR) is 122 cm³/mol. The number of aryl methyl sites for hydroxylation is 1. The molecule has 6 heteroatoms. The molecule has 1 aromatic carbocycles. The maximum Gasteiger partial charge on any atom is 0.123 e. The summed E-state index contributed by atoms with van der Waals surface area (Å²) >= 11 is 6.43. The van der Waals surface area contributed by atoms with Crippen LogP contribution in [0.25, 0.3) is 11.1 Å². The first-order valence-electron chi connectivity index (χ1n) is 10.2. The highest BCUT2D eigenvalue weighted by atomic mass is 35.5. The molecule has 1 N–H and O–H groups in total. The fourth-order valence-electron chi connectivity index (χ4n) is 3.29. The van der Waals surface area contributed by atoms with Crippen LogP contribution in [0.15, 0.2) is 55.0 Å². The number of anilines is 1. The summed E-state index contributed by atoms with van der Waals surface area (Å²) in [5, 5.41) is 3.90. The average molecular weight is 427 g/mol. The van der Waals surface area contributed by atoms with Crippen LogP contribution in [0.3, 0.4) is 0 Å². The number of aromatic nitrogens is 2. The van der Waals surface area contributed by atoms with Crippen molar-refractivity contribution in [1.29, 1.82) is 0 Å². The molecule has 0 saturated carbocycles. The fraction of sp³-hybridized carbons (Fsp3) is 0.333. The first-order chi connectivity index (χ1) is 14.5. The summed E-state index contributed by atoms with van der Waals surface area (Å²) in [7, 11) is 4.20. The Hall–Kier alpha value is -2.50. The van der Waals surface area contributed by atoms with Crippen LogP contribution in [-0.4, -0.2) is 35.5 Å². The number of hydrogen-bond acceptors (Lipinski definition) is 4. The Labute approximate surface area is 183 Å². The van der Waals surface area contributed by atoms with Crippen molar-refractivity contribution in [2.24, 2.45) is 0 Å². The summed E-state index contributed by atoms with van der Waals surface area (Å²) in [6.07, 6.45) is 9.69.